The lowest BCUT2D eigenvalue weighted by molar-refractivity contribution is -0.161. The van der Waals surface area contributed by atoms with E-state index in [2.05, 4.69) is 26.0 Å². The van der Waals surface area contributed by atoms with Gasteiger partial charge in [-0.15, -0.1) is 0 Å². The monoisotopic (exact) mass is 903 g/mol. The van der Waals surface area contributed by atoms with Crippen LogP contribution in [0.15, 0.2) is 12.2 Å². The number of unbranched alkanes of at least 4 members (excludes halogenated alkanes) is 34. The van der Waals surface area contributed by atoms with Crippen LogP contribution in [0.5, 0.6) is 0 Å². The zero-order valence-electron chi connectivity index (χ0n) is 40.4. The maximum absolute atomic E-state index is 12.7. The van der Waals surface area contributed by atoms with Crippen LogP contribution in [0.25, 0.3) is 0 Å². The molecule has 0 amide bonds. The van der Waals surface area contributed by atoms with Crippen molar-refractivity contribution in [1.82, 2.24) is 0 Å². The fourth-order valence-corrected chi connectivity index (χ4v) is 8.43. The molecular formula is C51H99O10P. The summed E-state index contributed by atoms with van der Waals surface area (Å²) in [5.41, 5.74) is 0. The molecule has 0 saturated carbocycles. The summed E-state index contributed by atoms with van der Waals surface area (Å²) in [6.45, 7) is 2.43. The largest absolute Gasteiger partial charge is 0.472 e. The number of hydrogen-bond acceptors (Lipinski definition) is 9. The molecule has 0 aromatic heterocycles. The molecule has 0 fully saturated rings. The van der Waals surface area contributed by atoms with Gasteiger partial charge in [-0.1, -0.05) is 225 Å². The van der Waals surface area contributed by atoms with Gasteiger partial charge in [0.15, 0.2) is 6.10 Å². The van der Waals surface area contributed by atoms with Crippen molar-refractivity contribution >= 4 is 19.8 Å². The summed E-state index contributed by atoms with van der Waals surface area (Å²) >= 11 is 0. The lowest BCUT2D eigenvalue weighted by Crippen LogP contribution is -2.29. The van der Waals surface area contributed by atoms with E-state index < -0.39 is 51.8 Å². The van der Waals surface area contributed by atoms with E-state index in [0.717, 1.165) is 32.1 Å². The van der Waals surface area contributed by atoms with Gasteiger partial charge in [0, 0.05) is 12.8 Å². The lowest BCUT2D eigenvalue weighted by atomic mass is 10.0. The van der Waals surface area contributed by atoms with Crippen molar-refractivity contribution < 1.29 is 47.8 Å². The van der Waals surface area contributed by atoms with Crippen LogP contribution in [0.4, 0.5) is 0 Å². The molecule has 368 valence electrons. The third-order valence-corrected chi connectivity index (χ3v) is 12.6. The van der Waals surface area contributed by atoms with E-state index in [0.29, 0.717) is 12.8 Å². The molecule has 0 aliphatic heterocycles. The van der Waals surface area contributed by atoms with Gasteiger partial charge in [0.25, 0.3) is 0 Å². The first-order valence-corrected chi connectivity index (χ1v) is 27.6. The first-order chi connectivity index (χ1) is 30.2. The molecule has 0 saturated heterocycles. The maximum atomic E-state index is 12.7. The average molecular weight is 903 g/mol. The fourth-order valence-electron chi connectivity index (χ4n) is 7.64. The normalized spacial score (nSPS) is 13.7. The number of carbonyl (C=O) groups is 2. The Hall–Kier alpha value is -1.29. The predicted molar refractivity (Wildman–Crippen MR) is 256 cm³/mol. The number of aliphatic hydroxyl groups excluding tert-OH is 2. The van der Waals surface area contributed by atoms with Crippen LogP contribution in [0.3, 0.4) is 0 Å². The molecule has 3 atom stereocenters. The van der Waals surface area contributed by atoms with E-state index in [-0.39, 0.29) is 19.4 Å². The molecule has 0 aliphatic rings. The molecule has 0 radical (unpaired) electrons. The number of rotatable bonds is 50. The summed E-state index contributed by atoms with van der Waals surface area (Å²) in [7, 11) is -4.62. The zero-order valence-corrected chi connectivity index (χ0v) is 41.3. The standard InChI is InChI=1S/C51H99O10P/c1-3-5-7-9-11-13-15-17-19-21-22-23-24-25-27-28-30-32-34-36-38-40-42-50(54)58-46-49(47-60-62(56,57)59-45-48(53)44-52)61-51(55)43-41-39-37-35-33-31-29-26-20-18-16-14-12-10-8-6-4-2/h14,16,48-49,52-53H,3-13,15,17-47H2,1-2H3,(H,56,57)/b16-14+/t48-,49-/m1/s1. The number of ether oxygens (including phenoxy) is 2. The first kappa shape index (κ1) is 60.7. The highest BCUT2D eigenvalue weighted by Crippen LogP contribution is 2.43. The second-order valence-electron chi connectivity index (χ2n) is 17.9. The molecule has 0 aliphatic carbocycles. The minimum atomic E-state index is -4.62. The molecule has 10 nitrogen and oxygen atoms in total. The summed E-state index contributed by atoms with van der Waals surface area (Å²) in [4.78, 5) is 35.2. The Labute approximate surface area is 381 Å². The molecule has 0 aromatic carbocycles. The number of allylic oxidation sites excluding steroid dienone is 2. The van der Waals surface area contributed by atoms with Crippen LogP contribution in [-0.4, -0.2) is 65.7 Å². The van der Waals surface area contributed by atoms with Crippen molar-refractivity contribution in [1.29, 1.82) is 0 Å². The van der Waals surface area contributed by atoms with Gasteiger partial charge in [-0.2, -0.15) is 0 Å². The molecule has 11 heteroatoms. The molecule has 0 bridgehead atoms. The summed E-state index contributed by atoms with van der Waals surface area (Å²) in [5.74, 6) is -0.910. The highest BCUT2D eigenvalue weighted by molar-refractivity contribution is 7.47. The van der Waals surface area contributed by atoms with E-state index >= 15 is 0 Å². The van der Waals surface area contributed by atoms with E-state index in [1.54, 1.807) is 0 Å². The minimum Gasteiger partial charge on any atom is -0.462 e. The van der Waals surface area contributed by atoms with Crippen molar-refractivity contribution in [2.24, 2.45) is 0 Å². The number of phosphoric acid groups is 1. The van der Waals surface area contributed by atoms with Crippen LogP contribution in [0, 0.1) is 0 Å². The van der Waals surface area contributed by atoms with Crippen LogP contribution < -0.4 is 0 Å². The van der Waals surface area contributed by atoms with Gasteiger partial charge < -0.3 is 24.6 Å². The van der Waals surface area contributed by atoms with Gasteiger partial charge in [-0.05, 0) is 38.5 Å². The number of phosphoric ester groups is 1. The van der Waals surface area contributed by atoms with Crippen molar-refractivity contribution in [2.45, 2.75) is 276 Å². The predicted octanol–water partition coefficient (Wildman–Crippen LogP) is 14.7. The molecule has 3 N–H and O–H groups in total. The molecule has 0 rings (SSSR count). The second kappa shape index (κ2) is 47.7. The van der Waals surface area contributed by atoms with Gasteiger partial charge in [0.2, 0.25) is 0 Å². The Morgan fingerprint density at radius 3 is 1.18 bits per heavy atom. The Morgan fingerprint density at radius 2 is 0.790 bits per heavy atom. The van der Waals surface area contributed by atoms with Gasteiger partial charge in [-0.3, -0.25) is 18.6 Å². The second-order valence-corrected chi connectivity index (χ2v) is 19.4. The van der Waals surface area contributed by atoms with Crippen LogP contribution in [0.2, 0.25) is 0 Å². The van der Waals surface area contributed by atoms with Crippen molar-refractivity contribution in [3.63, 3.8) is 0 Å². The Balaban J connectivity index is 4.11. The summed E-state index contributed by atoms with van der Waals surface area (Å²) < 4.78 is 32.9. The Kier molecular flexibility index (Phi) is 46.7. The smallest absolute Gasteiger partial charge is 0.462 e. The lowest BCUT2D eigenvalue weighted by Gasteiger charge is -2.20. The van der Waals surface area contributed by atoms with Crippen LogP contribution in [-0.2, 0) is 32.7 Å². The number of carbonyl (C=O) groups excluding carboxylic acids is 2. The Morgan fingerprint density at radius 1 is 0.468 bits per heavy atom. The molecule has 1 unspecified atom stereocenters. The third kappa shape index (κ3) is 46.7. The highest BCUT2D eigenvalue weighted by Gasteiger charge is 2.27. The number of hydrogen-bond donors (Lipinski definition) is 3. The van der Waals surface area contributed by atoms with Crippen molar-refractivity contribution in [2.75, 3.05) is 26.4 Å². The number of aliphatic hydroxyl groups is 2. The summed E-state index contributed by atoms with van der Waals surface area (Å²) in [5, 5.41) is 18.4. The minimum absolute atomic E-state index is 0.187. The third-order valence-electron chi connectivity index (χ3n) is 11.7. The fraction of sp³-hybridized carbons (Fsp3) is 0.922. The van der Waals surface area contributed by atoms with E-state index in [9.17, 15) is 24.2 Å². The van der Waals surface area contributed by atoms with E-state index in [1.165, 1.54) is 193 Å². The maximum Gasteiger partial charge on any atom is 0.472 e. The SMILES string of the molecule is CCCCCC/C=C/CCCCCCCCCCCC(=O)O[C@H](COC(=O)CCCCCCCCCCCCCCCCCCCCCCCC)COP(=O)(O)OC[C@H](O)CO. The van der Waals surface area contributed by atoms with Crippen molar-refractivity contribution in [3.8, 4) is 0 Å². The molecule has 0 aromatic rings. The van der Waals surface area contributed by atoms with Gasteiger partial charge >= 0.3 is 19.8 Å². The van der Waals surface area contributed by atoms with E-state index in [4.69, 9.17) is 23.6 Å². The molecule has 62 heavy (non-hydrogen) atoms. The van der Waals surface area contributed by atoms with Crippen molar-refractivity contribution in [3.05, 3.63) is 12.2 Å². The summed E-state index contributed by atoms with van der Waals surface area (Å²) in [6.07, 6.45) is 48.9. The van der Waals surface area contributed by atoms with E-state index in [1.807, 2.05) is 0 Å². The highest BCUT2D eigenvalue weighted by atomic mass is 31.2. The molecular weight excluding hydrogens is 804 g/mol. The summed E-state index contributed by atoms with van der Waals surface area (Å²) in [6, 6.07) is 0. The topological polar surface area (TPSA) is 149 Å². The van der Waals surface area contributed by atoms with Crippen LogP contribution in [0.1, 0.15) is 264 Å². The quantitative estimate of drug-likeness (QED) is 0.0233. The van der Waals surface area contributed by atoms with Gasteiger partial charge in [-0.25, -0.2) is 4.57 Å². The molecule has 0 heterocycles. The van der Waals surface area contributed by atoms with Gasteiger partial charge in [0.05, 0.1) is 19.8 Å². The average Bonchev–Trinajstić information content (AvgIpc) is 3.26. The van der Waals surface area contributed by atoms with Crippen LogP contribution >= 0.6 is 7.82 Å². The van der Waals surface area contributed by atoms with Gasteiger partial charge in [0.1, 0.15) is 12.7 Å². The zero-order chi connectivity index (χ0) is 45.5. The number of esters is 2. The Bertz CT molecular complexity index is 1040. The first-order valence-electron chi connectivity index (χ1n) is 26.1. The molecule has 0 spiro atoms.